The van der Waals surface area contributed by atoms with Crippen LogP contribution >= 0.6 is 0 Å². The molecule has 2 heterocycles. The summed E-state index contributed by atoms with van der Waals surface area (Å²) in [7, 11) is 3.24. The number of benzene rings is 1. The van der Waals surface area contributed by atoms with Crippen molar-refractivity contribution in [1.82, 2.24) is 20.4 Å². The van der Waals surface area contributed by atoms with Crippen molar-refractivity contribution < 1.29 is 14.3 Å². The third-order valence-electron chi connectivity index (χ3n) is 5.07. The van der Waals surface area contributed by atoms with Crippen LogP contribution in [0.15, 0.2) is 43.0 Å². The van der Waals surface area contributed by atoms with Gasteiger partial charge in [0.15, 0.2) is 5.82 Å². The Balaban J connectivity index is 1.65. The molecule has 0 saturated carbocycles. The van der Waals surface area contributed by atoms with Crippen LogP contribution in [0, 0.1) is 0 Å². The molecule has 0 atom stereocenters. The second-order valence-electron chi connectivity index (χ2n) is 6.98. The number of nitrogens with one attached hydrogen (secondary N) is 1. The lowest BCUT2D eigenvalue weighted by molar-refractivity contribution is -0.129. The van der Waals surface area contributed by atoms with Gasteiger partial charge in [0.2, 0.25) is 5.91 Å². The summed E-state index contributed by atoms with van der Waals surface area (Å²) in [5.41, 5.74) is 1.59. The minimum absolute atomic E-state index is 0.117. The topological polar surface area (TPSA) is 79.8 Å². The van der Waals surface area contributed by atoms with E-state index in [0.29, 0.717) is 25.4 Å². The molecule has 30 heavy (non-hydrogen) atoms. The smallest absolute Gasteiger partial charge is 0.236 e. The van der Waals surface area contributed by atoms with E-state index in [0.717, 1.165) is 48.9 Å². The summed E-state index contributed by atoms with van der Waals surface area (Å²) in [6.07, 6.45) is 2.64. The first-order chi connectivity index (χ1) is 14.7. The van der Waals surface area contributed by atoms with Crippen LogP contribution in [0.1, 0.15) is 6.42 Å². The summed E-state index contributed by atoms with van der Waals surface area (Å²) in [5.74, 6) is 2.34. The van der Waals surface area contributed by atoms with Crippen molar-refractivity contribution in [2.45, 2.75) is 6.42 Å². The monoisotopic (exact) mass is 411 g/mol. The molecule has 1 aliphatic rings. The maximum Gasteiger partial charge on any atom is 0.236 e. The molecular weight excluding hydrogens is 382 g/mol. The van der Waals surface area contributed by atoms with Crippen molar-refractivity contribution in [3.63, 3.8) is 0 Å². The maximum absolute atomic E-state index is 12.3. The van der Waals surface area contributed by atoms with Gasteiger partial charge in [-0.15, -0.1) is 16.8 Å². The second kappa shape index (κ2) is 10.6. The molecule has 1 aromatic heterocycles. The summed E-state index contributed by atoms with van der Waals surface area (Å²) in [5, 5.41) is 11.9. The van der Waals surface area contributed by atoms with Crippen LogP contribution in [0.25, 0.3) is 11.3 Å². The number of amides is 1. The first-order valence-corrected chi connectivity index (χ1v) is 10.1. The molecule has 8 heteroatoms. The van der Waals surface area contributed by atoms with Crippen molar-refractivity contribution in [2.24, 2.45) is 0 Å². The molecule has 160 valence electrons. The van der Waals surface area contributed by atoms with E-state index in [9.17, 15) is 4.79 Å². The zero-order valence-electron chi connectivity index (χ0n) is 17.6. The van der Waals surface area contributed by atoms with Crippen molar-refractivity contribution in [2.75, 3.05) is 58.4 Å². The molecular formula is C22H29N5O3. The molecule has 3 rings (SSSR count). The van der Waals surface area contributed by atoms with Crippen LogP contribution in [-0.2, 0) is 4.79 Å². The lowest BCUT2D eigenvalue weighted by Crippen LogP contribution is -2.40. The van der Waals surface area contributed by atoms with Crippen molar-refractivity contribution in [3.05, 3.63) is 43.0 Å². The number of anilines is 1. The zero-order chi connectivity index (χ0) is 21.3. The number of hydrogen-bond donors (Lipinski definition) is 1. The molecule has 8 nitrogen and oxygen atoms in total. The molecule has 1 saturated heterocycles. The summed E-state index contributed by atoms with van der Waals surface area (Å²) >= 11 is 0. The maximum atomic E-state index is 12.3. The number of hydrogen-bond acceptors (Lipinski definition) is 7. The van der Waals surface area contributed by atoms with E-state index in [1.807, 2.05) is 35.2 Å². The van der Waals surface area contributed by atoms with Gasteiger partial charge in [-0.3, -0.25) is 4.79 Å². The average Bonchev–Trinajstić information content (AvgIpc) is 3.05. The van der Waals surface area contributed by atoms with Gasteiger partial charge in [-0.2, -0.15) is 0 Å². The largest absolute Gasteiger partial charge is 0.497 e. The van der Waals surface area contributed by atoms with Crippen molar-refractivity contribution in [1.29, 1.82) is 0 Å². The number of nitrogens with zero attached hydrogens (tertiary/aromatic N) is 4. The fourth-order valence-electron chi connectivity index (χ4n) is 3.44. The van der Waals surface area contributed by atoms with E-state index in [-0.39, 0.29) is 5.91 Å². The molecule has 0 radical (unpaired) electrons. The minimum atomic E-state index is 0.117. The van der Waals surface area contributed by atoms with E-state index in [2.05, 4.69) is 27.0 Å². The number of methoxy groups -OCH3 is 2. The Kier molecular flexibility index (Phi) is 7.62. The number of carbonyl (C=O) groups excluding carboxylic acids is 1. The quantitative estimate of drug-likeness (QED) is 0.525. The molecule has 1 fully saturated rings. The Morgan fingerprint density at radius 3 is 2.70 bits per heavy atom. The highest BCUT2D eigenvalue weighted by Gasteiger charge is 2.20. The molecule has 2 aromatic rings. The van der Waals surface area contributed by atoms with Crippen LogP contribution < -0.4 is 19.7 Å². The van der Waals surface area contributed by atoms with Crippen LogP contribution in [0.2, 0.25) is 0 Å². The molecule has 0 spiro atoms. The predicted octanol–water partition coefficient (Wildman–Crippen LogP) is 1.98. The summed E-state index contributed by atoms with van der Waals surface area (Å²) < 4.78 is 10.7. The van der Waals surface area contributed by atoms with Crippen molar-refractivity contribution in [3.8, 4) is 22.8 Å². The summed E-state index contributed by atoms with van der Waals surface area (Å²) in [4.78, 5) is 16.4. The number of carbonyl (C=O) groups is 1. The van der Waals surface area contributed by atoms with Gasteiger partial charge in [0.1, 0.15) is 11.5 Å². The fourth-order valence-corrected chi connectivity index (χ4v) is 3.44. The van der Waals surface area contributed by atoms with E-state index >= 15 is 0 Å². The Morgan fingerprint density at radius 1 is 1.13 bits per heavy atom. The van der Waals surface area contributed by atoms with Gasteiger partial charge in [0, 0.05) is 44.4 Å². The summed E-state index contributed by atoms with van der Waals surface area (Å²) in [6.45, 7) is 7.61. The molecule has 1 aliphatic heterocycles. The standard InChI is InChI=1S/C22H29N5O3/c1-4-10-23-16-22(28)27-12-5-11-26(13-14-27)21-9-8-19(24-25-21)18-7-6-17(29-2)15-20(18)30-3/h4,6-9,15,23H,1,5,10-14,16H2,2-3H3. The molecule has 0 aliphatic carbocycles. The van der Waals surface area contributed by atoms with E-state index < -0.39 is 0 Å². The second-order valence-corrected chi connectivity index (χ2v) is 6.98. The number of aromatic nitrogens is 2. The van der Waals surface area contributed by atoms with Gasteiger partial charge in [0.25, 0.3) is 0 Å². The Morgan fingerprint density at radius 2 is 2.00 bits per heavy atom. The zero-order valence-corrected chi connectivity index (χ0v) is 17.6. The third-order valence-corrected chi connectivity index (χ3v) is 5.07. The molecule has 1 N–H and O–H groups in total. The first-order valence-electron chi connectivity index (χ1n) is 10.1. The van der Waals surface area contributed by atoms with Gasteiger partial charge in [-0.05, 0) is 30.7 Å². The first kappa shape index (κ1) is 21.6. The van der Waals surface area contributed by atoms with Gasteiger partial charge in [-0.25, -0.2) is 0 Å². The third kappa shape index (κ3) is 5.27. The van der Waals surface area contributed by atoms with Crippen LogP contribution in [0.3, 0.4) is 0 Å². The average molecular weight is 412 g/mol. The Bertz CT molecular complexity index is 856. The van der Waals surface area contributed by atoms with Crippen LogP contribution in [0.5, 0.6) is 11.5 Å². The lowest BCUT2D eigenvalue weighted by atomic mass is 10.1. The molecule has 1 aromatic carbocycles. The minimum Gasteiger partial charge on any atom is -0.497 e. The molecule has 1 amide bonds. The highest BCUT2D eigenvalue weighted by Crippen LogP contribution is 2.32. The number of ether oxygens (including phenoxy) is 2. The number of rotatable bonds is 8. The van der Waals surface area contributed by atoms with E-state index in [1.54, 1.807) is 20.3 Å². The highest BCUT2D eigenvalue weighted by molar-refractivity contribution is 5.78. The normalized spacial score (nSPS) is 14.2. The fraction of sp³-hybridized carbons (Fsp3) is 0.409. The molecule has 0 unspecified atom stereocenters. The Hall–Kier alpha value is -3.13. The Labute approximate surface area is 177 Å². The van der Waals surface area contributed by atoms with Gasteiger partial charge >= 0.3 is 0 Å². The predicted molar refractivity (Wildman–Crippen MR) is 117 cm³/mol. The summed E-state index contributed by atoms with van der Waals surface area (Å²) in [6, 6.07) is 9.53. The van der Waals surface area contributed by atoms with Gasteiger partial charge < -0.3 is 24.6 Å². The van der Waals surface area contributed by atoms with E-state index in [4.69, 9.17) is 9.47 Å². The SMILES string of the molecule is C=CCNCC(=O)N1CCCN(c2ccc(-c3ccc(OC)cc3OC)nn2)CC1. The highest BCUT2D eigenvalue weighted by atomic mass is 16.5. The lowest BCUT2D eigenvalue weighted by Gasteiger charge is -2.22. The molecule has 0 bridgehead atoms. The van der Waals surface area contributed by atoms with Crippen molar-refractivity contribution >= 4 is 11.7 Å². The van der Waals surface area contributed by atoms with Crippen LogP contribution in [-0.4, -0.2) is 74.5 Å². The van der Waals surface area contributed by atoms with Gasteiger partial charge in [0.05, 0.1) is 26.5 Å². The van der Waals surface area contributed by atoms with E-state index in [1.165, 1.54) is 0 Å². The van der Waals surface area contributed by atoms with Crippen LogP contribution in [0.4, 0.5) is 5.82 Å². The van der Waals surface area contributed by atoms with Gasteiger partial charge in [-0.1, -0.05) is 6.08 Å².